The van der Waals surface area contributed by atoms with Crippen LogP contribution < -0.4 is 0 Å². The lowest BCUT2D eigenvalue weighted by Crippen LogP contribution is -1.96. The van der Waals surface area contributed by atoms with Crippen LogP contribution in [0.2, 0.25) is 5.02 Å². The topological polar surface area (TPSA) is 17.8 Å². The van der Waals surface area contributed by atoms with Crippen LogP contribution >= 0.6 is 34.2 Å². The van der Waals surface area contributed by atoms with E-state index in [0.717, 1.165) is 14.3 Å². The zero-order valence-corrected chi connectivity index (χ0v) is 9.53. The number of hydrogen-bond donors (Lipinski definition) is 0. The Morgan fingerprint density at radius 3 is 2.92 bits per heavy atom. The van der Waals surface area contributed by atoms with Crippen molar-refractivity contribution in [2.45, 2.75) is 0 Å². The first-order chi connectivity index (χ1) is 6.27. The van der Waals surface area contributed by atoms with Crippen molar-refractivity contribution in [1.29, 1.82) is 0 Å². The molecular weight excluding hydrogens is 298 g/mol. The molecule has 1 aromatic heterocycles. The molecule has 0 saturated carbocycles. The van der Waals surface area contributed by atoms with Crippen molar-refractivity contribution in [3.05, 3.63) is 45.3 Å². The Balaban J connectivity index is 2.57. The maximum absolute atomic E-state index is 5.89. The van der Waals surface area contributed by atoms with Gasteiger partial charge in [-0.05, 0) is 46.9 Å². The van der Waals surface area contributed by atoms with Gasteiger partial charge in [0.05, 0.1) is 5.69 Å². The molecule has 0 amide bonds. The van der Waals surface area contributed by atoms with E-state index in [1.165, 1.54) is 0 Å². The molecule has 0 fully saturated rings. The van der Waals surface area contributed by atoms with Crippen LogP contribution in [-0.4, -0.2) is 9.78 Å². The van der Waals surface area contributed by atoms with Crippen LogP contribution in [0.5, 0.6) is 0 Å². The molecule has 0 N–H and O–H groups in total. The molecule has 0 aliphatic heterocycles. The van der Waals surface area contributed by atoms with Gasteiger partial charge in [0.2, 0.25) is 0 Å². The largest absolute Gasteiger partial charge is 0.240 e. The molecule has 1 heterocycles. The normalized spacial score (nSPS) is 10.3. The fourth-order valence-corrected chi connectivity index (χ4v) is 1.82. The highest BCUT2D eigenvalue weighted by Crippen LogP contribution is 2.20. The molecule has 0 aliphatic carbocycles. The van der Waals surface area contributed by atoms with E-state index in [0.29, 0.717) is 0 Å². The molecule has 0 radical (unpaired) electrons. The van der Waals surface area contributed by atoms with E-state index in [4.69, 9.17) is 11.6 Å². The summed E-state index contributed by atoms with van der Waals surface area (Å²) in [6.07, 6.45) is 3.64. The Morgan fingerprint density at radius 1 is 1.38 bits per heavy atom. The predicted molar refractivity (Wildman–Crippen MR) is 61.3 cm³/mol. The molecule has 0 atom stereocenters. The molecule has 2 rings (SSSR count). The fourth-order valence-electron chi connectivity index (χ4n) is 1.07. The Hall–Kier alpha value is -0.550. The Kier molecular flexibility index (Phi) is 2.55. The Labute approximate surface area is 94.7 Å². The lowest BCUT2D eigenvalue weighted by molar-refractivity contribution is 0.876. The van der Waals surface area contributed by atoms with Crippen molar-refractivity contribution in [3.8, 4) is 5.69 Å². The number of nitrogens with zero attached hydrogens (tertiary/aromatic N) is 2. The minimum Gasteiger partial charge on any atom is -0.240 e. The number of halogens is 2. The maximum Gasteiger partial charge on any atom is 0.0793 e. The van der Waals surface area contributed by atoms with Crippen molar-refractivity contribution in [2.24, 2.45) is 0 Å². The first-order valence-electron chi connectivity index (χ1n) is 3.72. The van der Waals surface area contributed by atoms with Gasteiger partial charge >= 0.3 is 0 Å². The first-order valence-corrected chi connectivity index (χ1v) is 5.18. The molecule has 0 aliphatic rings. The summed E-state index contributed by atoms with van der Waals surface area (Å²) in [6, 6.07) is 7.63. The van der Waals surface area contributed by atoms with E-state index < -0.39 is 0 Å². The van der Waals surface area contributed by atoms with E-state index in [1.54, 1.807) is 10.9 Å². The van der Waals surface area contributed by atoms with Gasteiger partial charge in [-0.15, -0.1) is 0 Å². The van der Waals surface area contributed by atoms with Crippen molar-refractivity contribution in [2.75, 3.05) is 0 Å². The Bertz CT molecular complexity index is 412. The number of rotatable bonds is 1. The lowest BCUT2D eigenvalue weighted by Gasteiger charge is -2.04. The molecular formula is C9H6ClIN2. The monoisotopic (exact) mass is 304 g/mol. The van der Waals surface area contributed by atoms with Gasteiger partial charge in [-0.3, -0.25) is 0 Å². The van der Waals surface area contributed by atoms with E-state index in [2.05, 4.69) is 27.7 Å². The van der Waals surface area contributed by atoms with E-state index in [1.807, 2.05) is 30.5 Å². The van der Waals surface area contributed by atoms with E-state index >= 15 is 0 Å². The third-order valence-corrected chi connectivity index (χ3v) is 2.81. The minimum atomic E-state index is 0.728. The molecule has 66 valence electrons. The minimum absolute atomic E-state index is 0.728. The summed E-state index contributed by atoms with van der Waals surface area (Å²) in [5, 5.41) is 4.87. The van der Waals surface area contributed by atoms with Crippen LogP contribution in [0.25, 0.3) is 5.69 Å². The van der Waals surface area contributed by atoms with Gasteiger partial charge in [0, 0.05) is 21.0 Å². The van der Waals surface area contributed by atoms with Gasteiger partial charge in [0.1, 0.15) is 0 Å². The van der Waals surface area contributed by atoms with Gasteiger partial charge < -0.3 is 0 Å². The highest BCUT2D eigenvalue weighted by Gasteiger charge is 2.02. The quantitative estimate of drug-likeness (QED) is 0.740. The smallest absolute Gasteiger partial charge is 0.0793 e. The zero-order valence-electron chi connectivity index (χ0n) is 6.61. The second kappa shape index (κ2) is 3.67. The second-order valence-corrected chi connectivity index (χ2v) is 4.14. The molecule has 0 bridgehead atoms. The van der Waals surface area contributed by atoms with E-state index in [-0.39, 0.29) is 0 Å². The van der Waals surface area contributed by atoms with Gasteiger partial charge in [-0.2, -0.15) is 5.10 Å². The summed E-state index contributed by atoms with van der Waals surface area (Å²) in [6.45, 7) is 0. The molecule has 2 nitrogen and oxygen atoms in total. The van der Waals surface area contributed by atoms with Crippen molar-refractivity contribution in [3.63, 3.8) is 0 Å². The average Bonchev–Trinajstić information content (AvgIpc) is 2.61. The standard InChI is InChI=1S/C9H6ClIN2/c10-7-2-3-8(11)9(6-7)13-5-1-4-12-13/h1-6H. The second-order valence-electron chi connectivity index (χ2n) is 2.55. The maximum atomic E-state index is 5.89. The summed E-state index contributed by atoms with van der Waals surface area (Å²) in [4.78, 5) is 0. The number of benzene rings is 1. The SMILES string of the molecule is Clc1ccc(I)c(-n2cccn2)c1. The summed E-state index contributed by atoms with van der Waals surface area (Å²) < 4.78 is 2.93. The van der Waals surface area contributed by atoms with Crippen molar-refractivity contribution in [1.82, 2.24) is 9.78 Å². The number of hydrogen-bond acceptors (Lipinski definition) is 1. The van der Waals surface area contributed by atoms with Crippen LogP contribution in [0.3, 0.4) is 0 Å². The first kappa shape index (κ1) is 9.02. The molecule has 0 unspecified atom stereocenters. The molecule has 0 spiro atoms. The van der Waals surface area contributed by atoms with Crippen LogP contribution in [0.4, 0.5) is 0 Å². The molecule has 1 aromatic carbocycles. The van der Waals surface area contributed by atoms with Crippen LogP contribution in [-0.2, 0) is 0 Å². The average molecular weight is 305 g/mol. The predicted octanol–water partition coefficient (Wildman–Crippen LogP) is 3.13. The fraction of sp³-hybridized carbons (Fsp3) is 0. The van der Waals surface area contributed by atoms with Gasteiger partial charge in [-0.25, -0.2) is 4.68 Å². The third kappa shape index (κ3) is 1.86. The molecule has 2 aromatic rings. The molecule has 13 heavy (non-hydrogen) atoms. The zero-order chi connectivity index (χ0) is 9.26. The summed E-state index contributed by atoms with van der Waals surface area (Å²) in [5.41, 5.74) is 1.01. The molecule has 0 saturated heterocycles. The van der Waals surface area contributed by atoms with Crippen LogP contribution in [0.15, 0.2) is 36.7 Å². The highest BCUT2D eigenvalue weighted by molar-refractivity contribution is 14.1. The number of aromatic nitrogens is 2. The summed E-state index contributed by atoms with van der Waals surface area (Å²) >= 11 is 8.15. The summed E-state index contributed by atoms with van der Waals surface area (Å²) in [7, 11) is 0. The third-order valence-electron chi connectivity index (χ3n) is 1.66. The van der Waals surface area contributed by atoms with E-state index in [9.17, 15) is 0 Å². The summed E-state index contributed by atoms with van der Waals surface area (Å²) in [5.74, 6) is 0. The lowest BCUT2D eigenvalue weighted by atomic mass is 10.3. The van der Waals surface area contributed by atoms with Gasteiger partial charge in [0.25, 0.3) is 0 Å². The highest BCUT2D eigenvalue weighted by atomic mass is 127. The Morgan fingerprint density at radius 2 is 2.23 bits per heavy atom. The van der Waals surface area contributed by atoms with Crippen molar-refractivity contribution >= 4 is 34.2 Å². The van der Waals surface area contributed by atoms with Gasteiger partial charge in [0.15, 0.2) is 0 Å². The van der Waals surface area contributed by atoms with Crippen LogP contribution in [0, 0.1) is 3.57 Å². The van der Waals surface area contributed by atoms with Gasteiger partial charge in [-0.1, -0.05) is 11.6 Å². The van der Waals surface area contributed by atoms with Crippen LogP contribution in [0.1, 0.15) is 0 Å². The molecule has 4 heteroatoms. The van der Waals surface area contributed by atoms with Crippen molar-refractivity contribution < 1.29 is 0 Å².